The van der Waals surface area contributed by atoms with Crippen LogP contribution >= 0.6 is 11.3 Å². The van der Waals surface area contributed by atoms with Crippen LogP contribution < -0.4 is 5.32 Å². The summed E-state index contributed by atoms with van der Waals surface area (Å²) >= 11 is 1.92. The molecule has 3 heteroatoms. The van der Waals surface area contributed by atoms with Gasteiger partial charge in [0.05, 0.1) is 0 Å². The predicted molar refractivity (Wildman–Crippen MR) is 80.4 cm³/mol. The van der Waals surface area contributed by atoms with Crippen LogP contribution in [0.25, 0.3) is 0 Å². The maximum atomic E-state index is 3.30. The molecule has 1 saturated heterocycles. The Balaban J connectivity index is 2.06. The van der Waals surface area contributed by atoms with Crippen molar-refractivity contribution in [1.82, 2.24) is 10.2 Å². The molecule has 2 unspecified atom stereocenters. The van der Waals surface area contributed by atoms with E-state index >= 15 is 0 Å². The maximum Gasteiger partial charge on any atom is 0.0418 e. The first-order chi connectivity index (χ1) is 8.74. The summed E-state index contributed by atoms with van der Waals surface area (Å²) in [4.78, 5) is 4.30. The number of nitrogens with zero attached hydrogens (tertiary/aromatic N) is 1. The monoisotopic (exact) mass is 266 g/mol. The van der Waals surface area contributed by atoms with E-state index in [0.717, 1.165) is 12.6 Å². The highest BCUT2D eigenvalue weighted by Crippen LogP contribution is 2.33. The van der Waals surface area contributed by atoms with E-state index in [0.29, 0.717) is 6.04 Å². The number of aryl methyl sites for hydroxylation is 1. The molecule has 1 aliphatic rings. The highest BCUT2D eigenvalue weighted by atomic mass is 32.1. The van der Waals surface area contributed by atoms with E-state index in [2.05, 4.69) is 42.6 Å². The Morgan fingerprint density at radius 2 is 2.33 bits per heavy atom. The van der Waals surface area contributed by atoms with Crippen molar-refractivity contribution >= 4 is 11.3 Å². The van der Waals surface area contributed by atoms with Crippen LogP contribution in [0.15, 0.2) is 11.4 Å². The standard InChI is InChI=1S/C15H26N2S/c1-12-8-11-18-15(12)13(2)17-10-5-4-6-14(17)7-9-16-3/h8,11,13-14,16H,4-7,9-10H2,1-3H3. The summed E-state index contributed by atoms with van der Waals surface area (Å²) in [6.07, 6.45) is 5.42. The summed E-state index contributed by atoms with van der Waals surface area (Å²) in [5.41, 5.74) is 1.46. The molecule has 18 heavy (non-hydrogen) atoms. The van der Waals surface area contributed by atoms with Gasteiger partial charge in [0.2, 0.25) is 0 Å². The Hall–Kier alpha value is -0.380. The van der Waals surface area contributed by atoms with Gasteiger partial charge in [-0.2, -0.15) is 0 Å². The average Bonchev–Trinajstić information content (AvgIpc) is 2.82. The number of hydrogen-bond acceptors (Lipinski definition) is 3. The van der Waals surface area contributed by atoms with Gasteiger partial charge in [-0.25, -0.2) is 0 Å². The minimum absolute atomic E-state index is 0.590. The van der Waals surface area contributed by atoms with Gasteiger partial charge in [-0.05, 0) is 70.3 Å². The minimum atomic E-state index is 0.590. The van der Waals surface area contributed by atoms with E-state index in [1.54, 1.807) is 4.88 Å². The Bertz CT molecular complexity index is 361. The normalized spacial score (nSPS) is 23.2. The average molecular weight is 266 g/mol. The highest BCUT2D eigenvalue weighted by Gasteiger charge is 2.27. The molecular weight excluding hydrogens is 240 g/mol. The molecular formula is C15H26N2S. The molecule has 2 nitrogen and oxygen atoms in total. The zero-order valence-electron chi connectivity index (χ0n) is 11.9. The summed E-state index contributed by atoms with van der Waals surface area (Å²) in [6, 6.07) is 3.61. The van der Waals surface area contributed by atoms with Gasteiger partial charge < -0.3 is 5.32 Å². The van der Waals surface area contributed by atoms with Crippen molar-refractivity contribution in [2.24, 2.45) is 0 Å². The molecule has 1 N–H and O–H groups in total. The molecule has 0 spiro atoms. The van der Waals surface area contributed by atoms with E-state index in [9.17, 15) is 0 Å². The first-order valence-electron chi connectivity index (χ1n) is 7.18. The van der Waals surface area contributed by atoms with Gasteiger partial charge in [-0.15, -0.1) is 11.3 Å². The molecule has 1 aromatic rings. The van der Waals surface area contributed by atoms with E-state index < -0.39 is 0 Å². The van der Waals surface area contributed by atoms with Crippen molar-refractivity contribution < 1.29 is 0 Å². The van der Waals surface area contributed by atoms with Crippen LogP contribution in [0, 0.1) is 6.92 Å². The van der Waals surface area contributed by atoms with Crippen molar-refractivity contribution in [2.45, 2.75) is 51.6 Å². The van der Waals surface area contributed by atoms with Crippen molar-refractivity contribution in [1.29, 1.82) is 0 Å². The van der Waals surface area contributed by atoms with Gasteiger partial charge in [0.25, 0.3) is 0 Å². The van der Waals surface area contributed by atoms with E-state index in [1.807, 2.05) is 11.3 Å². The fourth-order valence-electron chi connectivity index (χ4n) is 3.12. The van der Waals surface area contributed by atoms with E-state index in [-0.39, 0.29) is 0 Å². The zero-order valence-corrected chi connectivity index (χ0v) is 12.7. The molecule has 0 aliphatic carbocycles. The predicted octanol–water partition coefficient (Wildman–Crippen LogP) is 3.58. The smallest absolute Gasteiger partial charge is 0.0418 e. The van der Waals surface area contributed by atoms with E-state index in [1.165, 1.54) is 37.8 Å². The lowest BCUT2D eigenvalue weighted by Gasteiger charge is -2.40. The largest absolute Gasteiger partial charge is 0.320 e. The molecule has 2 atom stereocenters. The molecule has 0 aromatic carbocycles. The van der Waals surface area contributed by atoms with Crippen molar-refractivity contribution in [3.63, 3.8) is 0 Å². The molecule has 2 rings (SSSR count). The maximum absolute atomic E-state index is 3.30. The second-order valence-electron chi connectivity index (χ2n) is 5.42. The van der Waals surface area contributed by atoms with Crippen LogP contribution in [0.1, 0.15) is 49.1 Å². The van der Waals surface area contributed by atoms with Gasteiger partial charge in [0.1, 0.15) is 0 Å². The van der Waals surface area contributed by atoms with Crippen molar-refractivity contribution in [3.8, 4) is 0 Å². The van der Waals surface area contributed by atoms with Gasteiger partial charge in [-0.1, -0.05) is 6.42 Å². The van der Waals surface area contributed by atoms with Gasteiger partial charge in [-0.3, -0.25) is 4.90 Å². The molecule has 0 amide bonds. The topological polar surface area (TPSA) is 15.3 Å². The fourth-order valence-corrected chi connectivity index (χ4v) is 4.12. The number of nitrogens with one attached hydrogen (secondary N) is 1. The Kier molecular flexibility index (Phi) is 5.22. The molecule has 0 saturated carbocycles. The number of rotatable bonds is 5. The summed E-state index contributed by atoms with van der Waals surface area (Å²) in [5, 5.41) is 5.53. The van der Waals surface area contributed by atoms with Crippen molar-refractivity contribution in [2.75, 3.05) is 20.1 Å². The van der Waals surface area contributed by atoms with Crippen LogP contribution in [0.5, 0.6) is 0 Å². The van der Waals surface area contributed by atoms with Crippen LogP contribution in [0.4, 0.5) is 0 Å². The zero-order chi connectivity index (χ0) is 13.0. The SMILES string of the molecule is CNCCC1CCCCN1C(C)c1sccc1C. The molecule has 0 radical (unpaired) electrons. The summed E-state index contributed by atoms with van der Waals surface area (Å²) in [7, 11) is 2.06. The van der Waals surface area contributed by atoms with Crippen LogP contribution in [0.2, 0.25) is 0 Å². The van der Waals surface area contributed by atoms with Gasteiger partial charge >= 0.3 is 0 Å². The van der Waals surface area contributed by atoms with E-state index in [4.69, 9.17) is 0 Å². The third-order valence-corrected chi connectivity index (χ3v) is 5.37. The third kappa shape index (κ3) is 3.14. The lowest BCUT2D eigenvalue weighted by molar-refractivity contribution is 0.0985. The number of piperidine rings is 1. The molecule has 0 bridgehead atoms. The summed E-state index contributed by atoms with van der Waals surface area (Å²) in [6.45, 7) is 7.04. The number of likely N-dealkylation sites (tertiary alicyclic amines) is 1. The number of hydrogen-bond donors (Lipinski definition) is 1. The van der Waals surface area contributed by atoms with Gasteiger partial charge in [0.15, 0.2) is 0 Å². The second kappa shape index (κ2) is 6.69. The molecule has 102 valence electrons. The number of thiophene rings is 1. The highest BCUT2D eigenvalue weighted by molar-refractivity contribution is 7.10. The molecule has 1 aliphatic heterocycles. The summed E-state index contributed by atoms with van der Waals surface area (Å²) < 4.78 is 0. The van der Waals surface area contributed by atoms with Crippen LogP contribution in [-0.2, 0) is 0 Å². The van der Waals surface area contributed by atoms with Crippen LogP contribution in [-0.4, -0.2) is 31.1 Å². The molecule has 2 heterocycles. The Labute approximate surface area is 115 Å². The lowest BCUT2D eigenvalue weighted by atomic mass is 9.96. The fraction of sp³-hybridized carbons (Fsp3) is 0.733. The van der Waals surface area contributed by atoms with Gasteiger partial charge in [0, 0.05) is 17.0 Å². The third-order valence-electron chi connectivity index (χ3n) is 4.18. The quantitative estimate of drug-likeness (QED) is 0.876. The second-order valence-corrected chi connectivity index (χ2v) is 6.37. The first-order valence-corrected chi connectivity index (χ1v) is 8.06. The molecule has 1 aromatic heterocycles. The lowest BCUT2D eigenvalue weighted by Crippen LogP contribution is -2.42. The minimum Gasteiger partial charge on any atom is -0.320 e. The van der Waals surface area contributed by atoms with Crippen molar-refractivity contribution in [3.05, 3.63) is 21.9 Å². The first kappa shape index (κ1) is 14.0. The Morgan fingerprint density at radius 3 is 3.00 bits per heavy atom. The molecule has 1 fully saturated rings. The Morgan fingerprint density at radius 1 is 1.50 bits per heavy atom. The summed E-state index contributed by atoms with van der Waals surface area (Å²) in [5.74, 6) is 0. The van der Waals surface area contributed by atoms with Crippen LogP contribution in [0.3, 0.4) is 0 Å².